The summed E-state index contributed by atoms with van der Waals surface area (Å²) < 4.78 is 0. The summed E-state index contributed by atoms with van der Waals surface area (Å²) in [6.07, 6.45) is 4.10. The molecule has 98 valence electrons. The van der Waals surface area contributed by atoms with Crippen molar-refractivity contribution in [1.29, 1.82) is 0 Å². The Morgan fingerprint density at radius 1 is 1.42 bits per heavy atom. The van der Waals surface area contributed by atoms with Gasteiger partial charge in [0.1, 0.15) is 10.8 Å². The van der Waals surface area contributed by atoms with Crippen molar-refractivity contribution in [2.45, 2.75) is 6.42 Å². The summed E-state index contributed by atoms with van der Waals surface area (Å²) in [6.45, 7) is 0.518. The molecule has 0 atom stereocenters. The van der Waals surface area contributed by atoms with Crippen molar-refractivity contribution in [1.82, 2.24) is 15.3 Å². The van der Waals surface area contributed by atoms with Crippen LogP contribution in [0.2, 0.25) is 0 Å². The standard InChI is InChI=1S/C13H14N4OS/c14-12(19)9-2-1-3-10(8-9)13(18)17-5-4-11-15-6-7-16-11/h1-3,6-8H,4-5H2,(H2,14,19)(H,15,16)(H,17,18). The van der Waals surface area contributed by atoms with Crippen molar-refractivity contribution in [3.63, 3.8) is 0 Å². The van der Waals surface area contributed by atoms with Gasteiger partial charge >= 0.3 is 0 Å². The van der Waals surface area contributed by atoms with Crippen LogP contribution in [0.15, 0.2) is 36.7 Å². The molecule has 2 rings (SSSR count). The quantitative estimate of drug-likeness (QED) is 0.711. The fourth-order valence-corrected chi connectivity index (χ4v) is 1.77. The molecule has 1 heterocycles. The zero-order valence-corrected chi connectivity index (χ0v) is 11.0. The van der Waals surface area contributed by atoms with Crippen LogP contribution in [0.25, 0.3) is 0 Å². The van der Waals surface area contributed by atoms with E-state index in [0.29, 0.717) is 24.1 Å². The number of benzene rings is 1. The zero-order chi connectivity index (χ0) is 13.7. The van der Waals surface area contributed by atoms with Crippen molar-refractivity contribution in [2.24, 2.45) is 5.73 Å². The Bertz CT molecular complexity index is 580. The third kappa shape index (κ3) is 3.62. The average molecular weight is 274 g/mol. The molecule has 0 bridgehead atoms. The first-order valence-electron chi connectivity index (χ1n) is 5.83. The van der Waals surface area contributed by atoms with E-state index in [1.165, 1.54) is 0 Å². The molecule has 1 aromatic heterocycles. The predicted molar refractivity (Wildman–Crippen MR) is 77.0 cm³/mol. The van der Waals surface area contributed by atoms with Crippen LogP contribution >= 0.6 is 12.2 Å². The third-order valence-electron chi connectivity index (χ3n) is 2.61. The summed E-state index contributed by atoms with van der Waals surface area (Å²) in [7, 11) is 0. The Morgan fingerprint density at radius 3 is 2.89 bits per heavy atom. The molecule has 0 aliphatic heterocycles. The maximum Gasteiger partial charge on any atom is 0.251 e. The van der Waals surface area contributed by atoms with E-state index < -0.39 is 0 Å². The number of nitrogens with one attached hydrogen (secondary N) is 2. The molecular formula is C13H14N4OS. The molecule has 6 heteroatoms. The summed E-state index contributed by atoms with van der Waals surface area (Å²) >= 11 is 4.88. The van der Waals surface area contributed by atoms with E-state index in [1.807, 2.05) is 0 Å². The fraction of sp³-hybridized carbons (Fsp3) is 0.154. The normalized spacial score (nSPS) is 10.1. The van der Waals surface area contributed by atoms with Crippen molar-refractivity contribution >= 4 is 23.1 Å². The van der Waals surface area contributed by atoms with Crippen LogP contribution in [0.4, 0.5) is 0 Å². The van der Waals surface area contributed by atoms with E-state index in [9.17, 15) is 4.79 Å². The first-order valence-corrected chi connectivity index (χ1v) is 6.24. The van der Waals surface area contributed by atoms with Crippen LogP contribution in [-0.4, -0.2) is 27.4 Å². The van der Waals surface area contributed by atoms with Crippen LogP contribution in [0.5, 0.6) is 0 Å². The van der Waals surface area contributed by atoms with Gasteiger partial charge in [-0.1, -0.05) is 24.4 Å². The summed E-state index contributed by atoms with van der Waals surface area (Å²) in [5, 5.41) is 2.82. The minimum Gasteiger partial charge on any atom is -0.389 e. The maximum atomic E-state index is 11.9. The molecule has 5 nitrogen and oxygen atoms in total. The smallest absolute Gasteiger partial charge is 0.251 e. The topological polar surface area (TPSA) is 83.8 Å². The number of aromatic amines is 1. The van der Waals surface area contributed by atoms with Gasteiger partial charge in [-0.3, -0.25) is 4.79 Å². The number of carbonyl (C=O) groups excluding carboxylic acids is 1. The molecule has 1 aromatic carbocycles. The van der Waals surface area contributed by atoms with Gasteiger partial charge in [-0.2, -0.15) is 0 Å². The minimum atomic E-state index is -0.148. The number of H-pyrrole nitrogens is 1. The number of nitrogens with two attached hydrogens (primary N) is 1. The number of hydrogen-bond donors (Lipinski definition) is 3. The average Bonchev–Trinajstić information content (AvgIpc) is 2.92. The SMILES string of the molecule is NC(=S)c1cccc(C(=O)NCCc2ncc[nH]2)c1. The summed E-state index contributed by atoms with van der Waals surface area (Å²) in [4.78, 5) is 19.3. The second-order valence-corrected chi connectivity index (χ2v) is 4.43. The second-order valence-electron chi connectivity index (χ2n) is 3.99. The highest BCUT2D eigenvalue weighted by Crippen LogP contribution is 2.05. The molecule has 0 aliphatic rings. The van der Waals surface area contributed by atoms with Gasteiger partial charge in [0, 0.05) is 36.5 Å². The van der Waals surface area contributed by atoms with Crippen molar-refractivity contribution in [3.8, 4) is 0 Å². The number of nitrogens with zero attached hydrogens (tertiary/aromatic N) is 1. The number of aromatic nitrogens is 2. The lowest BCUT2D eigenvalue weighted by Gasteiger charge is -2.05. The van der Waals surface area contributed by atoms with Crippen LogP contribution in [0.3, 0.4) is 0 Å². The number of hydrogen-bond acceptors (Lipinski definition) is 3. The lowest BCUT2D eigenvalue weighted by Crippen LogP contribution is -2.26. The van der Waals surface area contributed by atoms with E-state index in [1.54, 1.807) is 36.7 Å². The Hall–Kier alpha value is -2.21. The first-order chi connectivity index (χ1) is 9.16. The number of carbonyl (C=O) groups is 1. The van der Waals surface area contributed by atoms with E-state index in [2.05, 4.69) is 15.3 Å². The van der Waals surface area contributed by atoms with Gasteiger partial charge in [-0.15, -0.1) is 0 Å². The van der Waals surface area contributed by atoms with Gasteiger partial charge in [0.05, 0.1) is 0 Å². The fourth-order valence-electron chi connectivity index (χ4n) is 1.64. The van der Waals surface area contributed by atoms with Crippen LogP contribution in [0, 0.1) is 0 Å². The molecular weight excluding hydrogens is 260 g/mol. The summed E-state index contributed by atoms with van der Waals surface area (Å²) in [6, 6.07) is 6.95. The molecule has 0 radical (unpaired) electrons. The van der Waals surface area contributed by atoms with Crippen LogP contribution < -0.4 is 11.1 Å². The molecule has 0 aliphatic carbocycles. The maximum absolute atomic E-state index is 11.9. The van der Waals surface area contributed by atoms with Gasteiger partial charge in [0.15, 0.2) is 0 Å². The molecule has 0 spiro atoms. The monoisotopic (exact) mass is 274 g/mol. The van der Waals surface area contributed by atoms with Crippen molar-refractivity contribution in [2.75, 3.05) is 6.54 Å². The van der Waals surface area contributed by atoms with Gasteiger partial charge in [-0.05, 0) is 12.1 Å². The number of imidazole rings is 1. The molecule has 19 heavy (non-hydrogen) atoms. The summed E-state index contributed by atoms with van der Waals surface area (Å²) in [5.74, 6) is 0.696. The second kappa shape index (κ2) is 6.10. The molecule has 0 saturated carbocycles. The Morgan fingerprint density at radius 2 is 2.21 bits per heavy atom. The van der Waals surface area contributed by atoms with Crippen molar-refractivity contribution in [3.05, 3.63) is 53.6 Å². The Kier molecular flexibility index (Phi) is 4.25. The van der Waals surface area contributed by atoms with E-state index in [4.69, 9.17) is 18.0 Å². The Labute approximate surface area is 116 Å². The van der Waals surface area contributed by atoms with Gasteiger partial charge in [-0.25, -0.2) is 4.98 Å². The number of thiocarbonyl (C=S) groups is 1. The highest BCUT2D eigenvalue weighted by atomic mass is 32.1. The molecule has 0 unspecified atom stereocenters. The van der Waals surface area contributed by atoms with E-state index >= 15 is 0 Å². The lowest BCUT2D eigenvalue weighted by atomic mass is 10.1. The lowest BCUT2D eigenvalue weighted by molar-refractivity contribution is 0.0954. The molecule has 0 saturated heterocycles. The highest BCUT2D eigenvalue weighted by molar-refractivity contribution is 7.80. The van der Waals surface area contributed by atoms with Crippen LogP contribution in [-0.2, 0) is 6.42 Å². The van der Waals surface area contributed by atoms with Gasteiger partial charge in [0.2, 0.25) is 0 Å². The van der Waals surface area contributed by atoms with E-state index in [0.717, 1.165) is 5.82 Å². The number of amides is 1. The van der Waals surface area contributed by atoms with Gasteiger partial charge in [0.25, 0.3) is 5.91 Å². The molecule has 0 fully saturated rings. The first kappa shape index (κ1) is 13.2. The molecule has 2 aromatic rings. The highest BCUT2D eigenvalue weighted by Gasteiger charge is 2.06. The van der Waals surface area contributed by atoms with Crippen LogP contribution in [0.1, 0.15) is 21.7 Å². The van der Waals surface area contributed by atoms with Crippen molar-refractivity contribution < 1.29 is 4.79 Å². The minimum absolute atomic E-state index is 0.148. The molecule has 1 amide bonds. The third-order valence-corrected chi connectivity index (χ3v) is 2.85. The molecule has 4 N–H and O–H groups in total. The largest absolute Gasteiger partial charge is 0.389 e. The van der Waals surface area contributed by atoms with E-state index in [-0.39, 0.29) is 10.9 Å². The number of rotatable bonds is 5. The predicted octanol–water partition coefficient (Wildman–Crippen LogP) is 1.02. The summed E-state index contributed by atoms with van der Waals surface area (Å²) in [5.41, 5.74) is 6.77. The zero-order valence-electron chi connectivity index (χ0n) is 10.2. The Balaban J connectivity index is 1.92. The van der Waals surface area contributed by atoms with Gasteiger partial charge < -0.3 is 16.0 Å².